The van der Waals surface area contributed by atoms with Crippen LogP contribution < -0.4 is 0 Å². The molecule has 0 saturated heterocycles. The fraction of sp³-hybridized carbons (Fsp3) is 0.0909. The first-order valence-corrected chi connectivity index (χ1v) is 6.87. The molecule has 0 spiro atoms. The van der Waals surface area contributed by atoms with Gasteiger partial charge in [-0.1, -0.05) is 29.3 Å². The Balaban J connectivity index is 2.33. The van der Waals surface area contributed by atoms with Gasteiger partial charge in [-0.3, -0.25) is 0 Å². The monoisotopic (exact) mass is 336 g/mol. The Morgan fingerprint density at radius 1 is 1.12 bits per heavy atom. The molecule has 1 atom stereocenters. The van der Waals surface area contributed by atoms with Crippen LogP contribution in [0.15, 0.2) is 33.4 Å². The van der Waals surface area contributed by atoms with E-state index in [-0.39, 0.29) is 0 Å². The third kappa shape index (κ3) is 2.60. The smallest absolute Gasteiger partial charge is 0.105 e. The van der Waals surface area contributed by atoms with Crippen molar-refractivity contribution < 1.29 is 5.11 Å². The molecule has 1 aromatic heterocycles. The molecule has 0 bridgehead atoms. The highest BCUT2D eigenvalue weighted by Gasteiger charge is 2.13. The van der Waals surface area contributed by atoms with Gasteiger partial charge >= 0.3 is 0 Å². The molecule has 0 amide bonds. The van der Waals surface area contributed by atoms with Gasteiger partial charge in [0, 0.05) is 0 Å². The Morgan fingerprint density at radius 3 is 2.44 bits per heavy atom. The number of rotatable bonds is 2. The maximum atomic E-state index is 10.1. The Kier molecular flexibility index (Phi) is 3.93. The average molecular weight is 338 g/mol. The molecule has 1 unspecified atom stereocenters. The number of aliphatic hydroxyl groups is 1. The second kappa shape index (κ2) is 5.07. The zero-order chi connectivity index (χ0) is 11.7. The molecule has 1 aromatic carbocycles. The Bertz CT molecular complexity index is 512. The zero-order valence-electron chi connectivity index (χ0n) is 7.95. The largest absolute Gasteiger partial charge is 0.384 e. The fourth-order valence-electron chi connectivity index (χ4n) is 1.34. The van der Waals surface area contributed by atoms with Crippen molar-refractivity contribution in [3.05, 3.63) is 54.6 Å². The normalized spacial score (nSPS) is 12.8. The number of thiophene rings is 1. The van der Waals surface area contributed by atoms with Crippen molar-refractivity contribution in [1.82, 2.24) is 0 Å². The van der Waals surface area contributed by atoms with Crippen LogP contribution in [-0.2, 0) is 0 Å². The summed E-state index contributed by atoms with van der Waals surface area (Å²) in [7, 11) is 0. The highest BCUT2D eigenvalue weighted by atomic mass is 79.9. The summed E-state index contributed by atoms with van der Waals surface area (Å²) in [4.78, 5) is 0. The molecule has 1 N–H and O–H groups in total. The fourth-order valence-corrected chi connectivity index (χ4v) is 2.84. The van der Waals surface area contributed by atoms with Crippen LogP contribution in [0.1, 0.15) is 17.2 Å². The van der Waals surface area contributed by atoms with Gasteiger partial charge in [-0.15, -0.1) is 11.3 Å². The molecule has 84 valence electrons. The predicted octanol–water partition coefficient (Wildman–Crippen LogP) is 4.90. The lowest BCUT2D eigenvalue weighted by atomic mass is 10.0. The molecule has 0 radical (unpaired) electrons. The summed E-state index contributed by atoms with van der Waals surface area (Å²) in [6, 6.07) is 7.02. The molecule has 1 nitrogen and oxygen atoms in total. The topological polar surface area (TPSA) is 20.2 Å². The number of halogens is 3. The minimum atomic E-state index is -0.669. The van der Waals surface area contributed by atoms with E-state index in [1.165, 1.54) is 11.3 Å². The van der Waals surface area contributed by atoms with E-state index < -0.39 is 6.10 Å². The van der Waals surface area contributed by atoms with Gasteiger partial charge in [0.1, 0.15) is 6.10 Å². The maximum absolute atomic E-state index is 10.1. The van der Waals surface area contributed by atoms with Gasteiger partial charge in [0.2, 0.25) is 0 Å². The number of hydrogen-bond donors (Lipinski definition) is 1. The number of hydrogen-bond acceptors (Lipinski definition) is 2. The van der Waals surface area contributed by atoms with E-state index >= 15 is 0 Å². The third-order valence-electron chi connectivity index (χ3n) is 2.16. The van der Waals surface area contributed by atoms with E-state index in [0.717, 1.165) is 14.9 Å². The lowest BCUT2D eigenvalue weighted by Gasteiger charge is -2.09. The van der Waals surface area contributed by atoms with E-state index in [4.69, 9.17) is 23.2 Å². The molecule has 0 aliphatic carbocycles. The zero-order valence-corrected chi connectivity index (χ0v) is 11.9. The summed E-state index contributed by atoms with van der Waals surface area (Å²) in [6.45, 7) is 0. The van der Waals surface area contributed by atoms with Crippen molar-refractivity contribution >= 4 is 50.5 Å². The second-order valence-corrected chi connectivity index (χ2v) is 6.37. The summed E-state index contributed by atoms with van der Waals surface area (Å²) in [6.07, 6.45) is -0.669. The predicted molar refractivity (Wildman–Crippen MR) is 72.5 cm³/mol. The maximum Gasteiger partial charge on any atom is 0.105 e. The van der Waals surface area contributed by atoms with Crippen molar-refractivity contribution in [2.24, 2.45) is 0 Å². The van der Waals surface area contributed by atoms with E-state index in [9.17, 15) is 5.11 Å². The Labute approximate surface area is 116 Å². The van der Waals surface area contributed by atoms with Gasteiger partial charge in [-0.2, -0.15) is 0 Å². The molecule has 2 rings (SSSR count). The first-order chi connectivity index (χ1) is 7.58. The molecule has 2 aromatic rings. The van der Waals surface area contributed by atoms with Crippen molar-refractivity contribution in [2.75, 3.05) is 0 Å². The highest BCUT2D eigenvalue weighted by molar-refractivity contribution is 9.11. The molecule has 0 aliphatic rings. The van der Waals surface area contributed by atoms with Crippen molar-refractivity contribution in [1.29, 1.82) is 0 Å². The van der Waals surface area contributed by atoms with Crippen LogP contribution in [-0.4, -0.2) is 5.11 Å². The first kappa shape index (κ1) is 12.4. The van der Waals surface area contributed by atoms with Crippen LogP contribution in [0.5, 0.6) is 0 Å². The summed E-state index contributed by atoms with van der Waals surface area (Å²) in [5.74, 6) is 0. The van der Waals surface area contributed by atoms with Crippen LogP contribution in [0.3, 0.4) is 0 Å². The van der Waals surface area contributed by atoms with Gasteiger partial charge in [-0.25, -0.2) is 0 Å². The molecule has 0 saturated carbocycles. The Morgan fingerprint density at radius 2 is 1.88 bits per heavy atom. The summed E-state index contributed by atoms with van der Waals surface area (Å²) in [5, 5.41) is 12.9. The van der Waals surface area contributed by atoms with Gasteiger partial charge in [0.25, 0.3) is 0 Å². The van der Waals surface area contributed by atoms with E-state index in [0.29, 0.717) is 10.0 Å². The SMILES string of the molecule is OC(c1csc(Br)c1)c1ccc(Cl)c(Cl)c1. The molecular formula is C11H7BrCl2OS. The van der Waals surface area contributed by atoms with Crippen LogP contribution >= 0.6 is 50.5 Å². The third-order valence-corrected chi connectivity index (χ3v) is 4.42. The minimum absolute atomic E-state index is 0.451. The van der Waals surface area contributed by atoms with Gasteiger partial charge < -0.3 is 5.11 Å². The van der Waals surface area contributed by atoms with E-state index in [1.807, 2.05) is 11.4 Å². The van der Waals surface area contributed by atoms with Crippen molar-refractivity contribution in [3.8, 4) is 0 Å². The molecule has 1 heterocycles. The van der Waals surface area contributed by atoms with Crippen LogP contribution in [0, 0.1) is 0 Å². The highest BCUT2D eigenvalue weighted by Crippen LogP contribution is 2.32. The van der Waals surface area contributed by atoms with Gasteiger partial charge in [0.15, 0.2) is 0 Å². The van der Waals surface area contributed by atoms with E-state index in [2.05, 4.69) is 15.9 Å². The summed E-state index contributed by atoms with van der Waals surface area (Å²) in [5.41, 5.74) is 1.58. The number of benzene rings is 1. The van der Waals surface area contributed by atoms with E-state index in [1.54, 1.807) is 18.2 Å². The van der Waals surface area contributed by atoms with Crippen molar-refractivity contribution in [3.63, 3.8) is 0 Å². The second-order valence-electron chi connectivity index (χ2n) is 3.26. The molecule has 5 heteroatoms. The van der Waals surface area contributed by atoms with Gasteiger partial charge in [0.05, 0.1) is 13.8 Å². The van der Waals surface area contributed by atoms with Gasteiger partial charge in [-0.05, 0) is 50.6 Å². The van der Waals surface area contributed by atoms with Crippen LogP contribution in [0.4, 0.5) is 0 Å². The lowest BCUT2D eigenvalue weighted by molar-refractivity contribution is 0.221. The molecule has 0 fully saturated rings. The minimum Gasteiger partial charge on any atom is -0.384 e. The molecule has 16 heavy (non-hydrogen) atoms. The summed E-state index contributed by atoms with van der Waals surface area (Å²) >= 11 is 16.6. The standard InChI is InChI=1S/C11H7BrCl2OS/c12-10-4-7(5-16-10)11(15)6-1-2-8(13)9(14)3-6/h1-5,11,15H. The number of aliphatic hydroxyl groups excluding tert-OH is 1. The molecular weight excluding hydrogens is 331 g/mol. The lowest BCUT2D eigenvalue weighted by Crippen LogP contribution is -1.97. The Hall–Kier alpha value is -0.0600. The van der Waals surface area contributed by atoms with Crippen LogP contribution in [0.25, 0.3) is 0 Å². The average Bonchev–Trinajstić information content (AvgIpc) is 2.68. The first-order valence-electron chi connectivity index (χ1n) is 4.45. The summed E-state index contributed by atoms with van der Waals surface area (Å²) < 4.78 is 0.988. The quantitative estimate of drug-likeness (QED) is 0.826. The van der Waals surface area contributed by atoms with Crippen LogP contribution in [0.2, 0.25) is 10.0 Å². The van der Waals surface area contributed by atoms with Crippen molar-refractivity contribution in [2.45, 2.75) is 6.10 Å². The molecule has 0 aliphatic heterocycles.